The molecule has 5 aliphatic rings. The van der Waals surface area contributed by atoms with E-state index >= 15 is 0 Å². The predicted octanol–water partition coefficient (Wildman–Crippen LogP) is 7.05. The third kappa shape index (κ3) is 5.28. The molecular formula is C33H29Cl3N4O4. The molecule has 44 heavy (non-hydrogen) atoms. The first kappa shape index (κ1) is 29.3. The van der Waals surface area contributed by atoms with E-state index in [-0.39, 0.29) is 46.1 Å². The summed E-state index contributed by atoms with van der Waals surface area (Å²) >= 11 is 19.2. The number of carboxylic acids is 1. The highest BCUT2D eigenvalue weighted by molar-refractivity contribution is 6.32. The molecule has 1 unspecified atom stereocenters. The maximum atomic E-state index is 14.3. The maximum absolute atomic E-state index is 14.3. The first-order valence-corrected chi connectivity index (χ1v) is 15.7. The number of ether oxygens (including phenoxy) is 1. The van der Waals surface area contributed by atoms with Gasteiger partial charge in [0.25, 0.3) is 0 Å². The first-order valence-electron chi connectivity index (χ1n) is 14.6. The van der Waals surface area contributed by atoms with Gasteiger partial charge in [-0.25, -0.2) is 9.78 Å². The summed E-state index contributed by atoms with van der Waals surface area (Å²) in [4.78, 5) is 32.3. The molecule has 3 heterocycles. The summed E-state index contributed by atoms with van der Waals surface area (Å²) in [5, 5.41) is 22.2. The number of aromatic nitrogens is 1. The summed E-state index contributed by atoms with van der Waals surface area (Å²) < 4.78 is 6.60. The minimum atomic E-state index is -1.08. The number of benzene rings is 1. The van der Waals surface area contributed by atoms with Crippen molar-refractivity contribution < 1.29 is 19.4 Å². The lowest BCUT2D eigenvalue weighted by Crippen LogP contribution is -2.53. The van der Waals surface area contributed by atoms with Crippen LogP contribution in [0.2, 0.25) is 15.3 Å². The summed E-state index contributed by atoms with van der Waals surface area (Å²) in [7, 11) is 0. The van der Waals surface area contributed by atoms with Crippen LogP contribution in [0.3, 0.4) is 0 Å². The quantitative estimate of drug-likeness (QED) is 0.152. The summed E-state index contributed by atoms with van der Waals surface area (Å²) in [5.41, 5.74) is 3.24. The molecule has 2 aliphatic heterocycles. The molecule has 11 heteroatoms. The number of carbonyl (C=O) groups is 2. The zero-order chi connectivity index (χ0) is 30.7. The second-order valence-electron chi connectivity index (χ2n) is 12.0. The average Bonchev–Trinajstić information content (AvgIpc) is 3.90. The van der Waals surface area contributed by atoms with Crippen molar-refractivity contribution >= 4 is 58.1 Å². The Morgan fingerprint density at radius 2 is 1.91 bits per heavy atom. The molecular weight excluding hydrogens is 623 g/mol. The number of nitrogens with one attached hydrogen (secondary N) is 2. The third-order valence-electron chi connectivity index (χ3n) is 9.13. The second kappa shape index (κ2) is 11.2. The van der Waals surface area contributed by atoms with Gasteiger partial charge >= 0.3 is 5.97 Å². The molecule has 3 N–H and O–H groups in total. The standard InChI is InChI=1S/C33H29Cl3N4O4/c34-21-6-8-24-27(13-21)38-32(43)33(24)25(20-11-29(35)39-30(36)12-20)14-22(40(33)15-18-3-4-18)16-44-28(9-17-1-2-17)23-7-5-19(31(41)42)10-26(23)37/h1,5-8,10-13,18,22,25,37H,2-4,9,14-16H2,(H,38,43)(H,41,42)/b28-23+,37-26?/t22?,25-,33-/m1/s1. The Morgan fingerprint density at radius 1 is 1.16 bits per heavy atom. The minimum Gasteiger partial charge on any atom is -0.495 e. The van der Waals surface area contributed by atoms with Gasteiger partial charge in [0, 0.05) is 46.8 Å². The van der Waals surface area contributed by atoms with Crippen LogP contribution in [0.25, 0.3) is 0 Å². The van der Waals surface area contributed by atoms with Gasteiger partial charge in [-0.3, -0.25) is 9.69 Å². The smallest absolute Gasteiger partial charge is 0.335 e. The number of nitrogens with zero attached hydrogens (tertiary/aromatic N) is 2. The van der Waals surface area contributed by atoms with E-state index in [1.807, 2.05) is 12.1 Å². The van der Waals surface area contributed by atoms with E-state index in [1.165, 1.54) is 17.7 Å². The number of pyridine rings is 1. The predicted molar refractivity (Wildman–Crippen MR) is 169 cm³/mol. The van der Waals surface area contributed by atoms with Crippen LogP contribution in [0.4, 0.5) is 5.69 Å². The number of fused-ring (bicyclic) bond motifs is 2. The molecule has 2 fully saturated rings. The number of hydrogen-bond acceptors (Lipinski definition) is 6. The van der Waals surface area contributed by atoms with Crippen molar-refractivity contribution in [2.75, 3.05) is 18.5 Å². The number of aliphatic carboxylic acids is 1. The van der Waals surface area contributed by atoms with Crippen molar-refractivity contribution in [1.29, 1.82) is 5.41 Å². The molecule has 7 rings (SSSR count). The summed E-state index contributed by atoms with van der Waals surface area (Å²) in [5.74, 6) is -0.436. The number of carbonyl (C=O) groups excluding carboxylic acids is 1. The van der Waals surface area contributed by atoms with E-state index in [4.69, 9.17) is 44.9 Å². The molecule has 1 amide bonds. The van der Waals surface area contributed by atoms with Gasteiger partial charge in [0.15, 0.2) is 0 Å². The summed E-state index contributed by atoms with van der Waals surface area (Å²) in [6, 6.07) is 8.94. The molecule has 0 radical (unpaired) electrons. The van der Waals surface area contributed by atoms with E-state index in [2.05, 4.69) is 21.3 Å². The Balaban J connectivity index is 1.29. The van der Waals surface area contributed by atoms with Crippen LogP contribution < -0.4 is 5.32 Å². The topological polar surface area (TPSA) is 116 Å². The fraction of sp³-hybridized carbons (Fsp3) is 0.333. The van der Waals surface area contributed by atoms with Crippen molar-refractivity contribution in [3.05, 3.63) is 104 Å². The largest absolute Gasteiger partial charge is 0.495 e. The Morgan fingerprint density at radius 3 is 2.57 bits per heavy atom. The highest BCUT2D eigenvalue weighted by Crippen LogP contribution is 2.58. The van der Waals surface area contributed by atoms with Crippen molar-refractivity contribution in [1.82, 2.24) is 9.88 Å². The molecule has 2 aromatic rings. The van der Waals surface area contributed by atoms with Gasteiger partial charge in [-0.05, 0) is 79.7 Å². The van der Waals surface area contributed by atoms with Crippen LogP contribution in [-0.2, 0) is 19.9 Å². The summed E-state index contributed by atoms with van der Waals surface area (Å²) in [6.45, 7) is 0.987. The van der Waals surface area contributed by atoms with Gasteiger partial charge in [0.2, 0.25) is 5.91 Å². The highest BCUT2D eigenvalue weighted by atomic mass is 35.5. The number of allylic oxidation sites excluding steroid dienone is 5. The Hall–Kier alpha value is -3.43. The SMILES string of the molecule is N=C1C=C(C(=O)O)C=C/C1=C(/CC1=CC1)OCC1C[C@H](c2cc(Cl)nc(Cl)c2)[C@]2(C(=O)Nc3cc(Cl)ccc32)N1CC1CC1. The fourth-order valence-electron chi connectivity index (χ4n) is 6.84. The van der Waals surface area contributed by atoms with Crippen molar-refractivity contribution in [3.8, 4) is 0 Å². The van der Waals surface area contributed by atoms with Crippen LogP contribution in [0.5, 0.6) is 0 Å². The third-order valence-corrected chi connectivity index (χ3v) is 9.75. The number of hydrogen-bond donors (Lipinski definition) is 3. The number of anilines is 1. The first-order chi connectivity index (χ1) is 21.1. The number of carboxylic acid groups (broad SMARTS) is 1. The molecule has 3 atom stereocenters. The second-order valence-corrected chi connectivity index (χ2v) is 13.2. The number of likely N-dealkylation sites (tertiary alicyclic amines) is 1. The van der Waals surface area contributed by atoms with Gasteiger partial charge in [-0.15, -0.1) is 0 Å². The van der Waals surface area contributed by atoms with Gasteiger partial charge in [-0.2, -0.15) is 0 Å². The lowest BCUT2D eigenvalue weighted by molar-refractivity contribution is -0.132. The van der Waals surface area contributed by atoms with Crippen LogP contribution in [-0.4, -0.2) is 51.8 Å². The van der Waals surface area contributed by atoms with Crippen LogP contribution in [0.15, 0.2) is 77.1 Å². The van der Waals surface area contributed by atoms with E-state index < -0.39 is 11.5 Å². The normalized spacial score (nSPS) is 26.8. The van der Waals surface area contributed by atoms with Crippen LogP contribution in [0, 0.1) is 11.3 Å². The highest BCUT2D eigenvalue weighted by Gasteiger charge is 2.63. The summed E-state index contributed by atoms with van der Waals surface area (Å²) in [6.07, 6.45) is 10.8. The molecule has 3 aliphatic carbocycles. The van der Waals surface area contributed by atoms with Crippen LogP contribution in [0.1, 0.15) is 49.1 Å². The van der Waals surface area contributed by atoms with Crippen molar-refractivity contribution in [2.24, 2.45) is 5.92 Å². The lowest BCUT2D eigenvalue weighted by Gasteiger charge is -2.40. The minimum absolute atomic E-state index is 0.0561. The molecule has 8 nitrogen and oxygen atoms in total. The van der Waals surface area contributed by atoms with Crippen LogP contribution >= 0.6 is 34.8 Å². The Kier molecular flexibility index (Phi) is 7.44. The Bertz CT molecular complexity index is 1720. The van der Waals surface area contributed by atoms with E-state index in [1.54, 1.807) is 24.3 Å². The molecule has 1 aromatic heterocycles. The fourth-order valence-corrected chi connectivity index (χ4v) is 7.49. The molecule has 226 valence electrons. The molecule has 0 bridgehead atoms. The average molecular weight is 652 g/mol. The van der Waals surface area contributed by atoms with Gasteiger partial charge in [-0.1, -0.05) is 52.5 Å². The zero-order valence-corrected chi connectivity index (χ0v) is 25.8. The number of halogens is 3. The van der Waals surface area contributed by atoms with Gasteiger partial charge < -0.3 is 20.6 Å². The zero-order valence-electron chi connectivity index (χ0n) is 23.6. The Labute approximate surface area is 269 Å². The molecule has 1 saturated carbocycles. The lowest BCUT2D eigenvalue weighted by atomic mass is 9.75. The van der Waals surface area contributed by atoms with E-state index in [9.17, 15) is 14.7 Å². The van der Waals surface area contributed by atoms with Crippen molar-refractivity contribution in [2.45, 2.75) is 49.6 Å². The van der Waals surface area contributed by atoms with Crippen molar-refractivity contribution in [3.63, 3.8) is 0 Å². The maximum Gasteiger partial charge on any atom is 0.335 e. The van der Waals surface area contributed by atoms with Gasteiger partial charge in [0.1, 0.15) is 28.2 Å². The monoisotopic (exact) mass is 650 g/mol. The number of amides is 1. The number of rotatable bonds is 9. The van der Waals surface area contributed by atoms with E-state index in [0.717, 1.165) is 30.4 Å². The van der Waals surface area contributed by atoms with E-state index in [0.29, 0.717) is 47.3 Å². The molecule has 1 spiro atoms. The van der Waals surface area contributed by atoms with Gasteiger partial charge in [0.05, 0.1) is 11.3 Å². The molecule has 1 saturated heterocycles. The molecule has 1 aromatic carbocycles.